The van der Waals surface area contributed by atoms with Crippen molar-refractivity contribution in [2.24, 2.45) is 0 Å². The van der Waals surface area contributed by atoms with Crippen molar-refractivity contribution in [1.29, 1.82) is 5.26 Å². The van der Waals surface area contributed by atoms with Crippen molar-refractivity contribution in [1.82, 2.24) is 0 Å². The van der Waals surface area contributed by atoms with Crippen LogP contribution in [0.25, 0.3) is 0 Å². The Hall–Kier alpha value is -1.04. The van der Waals surface area contributed by atoms with Crippen LogP contribution in [0.15, 0.2) is 0 Å². The van der Waals surface area contributed by atoms with Gasteiger partial charge in [0.05, 0.1) is 0 Å². The minimum absolute atomic E-state index is 0.833. The monoisotopic (exact) mass is 87.0 g/mol. The number of carbonyl (C=O) groups is 1. The van der Waals surface area contributed by atoms with Gasteiger partial charge in [0.25, 0.3) is 5.97 Å². The first kappa shape index (κ1) is 8.88. The molecule has 34 valence electrons. The zero-order valence-corrected chi connectivity index (χ0v) is 3.38. The Morgan fingerprint density at radius 2 is 1.83 bits per heavy atom. The number of carboxylic acid groups (broad SMARTS) is 1. The van der Waals surface area contributed by atoms with Gasteiger partial charge in [-0.25, -0.2) is 5.26 Å². The molecule has 0 atom stereocenters. The summed E-state index contributed by atoms with van der Waals surface area (Å²) < 4.78 is 0. The number of hydrogen-bond donors (Lipinski definition) is 1. The van der Waals surface area contributed by atoms with Crippen molar-refractivity contribution >= 4 is 5.97 Å². The number of aliphatic carboxylic acids is 1. The van der Waals surface area contributed by atoms with Gasteiger partial charge in [0.15, 0.2) is 0 Å². The number of carboxylic acids is 1. The minimum Gasteiger partial charge on any atom is -0.481 e. The van der Waals surface area contributed by atoms with E-state index >= 15 is 0 Å². The van der Waals surface area contributed by atoms with Crippen molar-refractivity contribution < 1.29 is 9.90 Å². The lowest BCUT2D eigenvalue weighted by atomic mass is 10.9. The molecule has 1 N–H and O–H groups in total. The van der Waals surface area contributed by atoms with Crippen molar-refractivity contribution in [2.45, 2.75) is 6.92 Å². The van der Waals surface area contributed by atoms with Gasteiger partial charge < -0.3 is 5.11 Å². The Balaban J connectivity index is 0. The molecule has 0 aromatic heterocycles. The van der Waals surface area contributed by atoms with Gasteiger partial charge in [-0.15, -0.1) is 0 Å². The molecule has 0 aromatic carbocycles. The largest absolute Gasteiger partial charge is 0.481 e. The molecule has 0 rings (SSSR count). The first-order valence-electron chi connectivity index (χ1n) is 1.19. The normalized spacial score (nSPS) is 4.50. The SMILES string of the molecule is C#N.CC(=O)O. The zero-order chi connectivity index (χ0) is 5.58. The van der Waals surface area contributed by atoms with Gasteiger partial charge in [0.2, 0.25) is 0 Å². The first-order valence-corrected chi connectivity index (χ1v) is 1.19. The third kappa shape index (κ3) is 10.5. The lowest BCUT2D eigenvalue weighted by Gasteiger charge is -1.59. The van der Waals surface area contributed by atoms with E-state index < -0.39 is 5.97 Å². The van der Waals surface area contributed by atoms with E-state index in [1.807, 2.05) is 0 Å². The average Bonchev–Trinajstić information content (AvgIpc) is 1.41. The maximum Gasteiger partial charge on any atom is 0.300 e. The van der Waals surface area contributed by atoms with E-state index in [0.717, 1.165) is 6.92 Å². The van der Waals surface area contributed by atoms with Crippen LogP contribution in [0, 0.1) is 11.8 Å². The van der Waals surface area contributed by atoms with Crippen LogP contribution in [0.2, 0.25) is 0 Å². The standard InChI is InChI=1S/C2H4O2.CHN/c1-2(3)4;1-2/h1H3,(H,3,4);1H. The topological polar surface area (TPSA) is 61.1 Å². The van der Waals surface area contributed by atoms with E-state index in [0.29, 0.717) is 0 Å². The van der Waals surface area contributed by atoms with Crippen LogP contribution in [0.5, 0.6) is 0 Å². The van der Waals surface area contributed by atoms with E-state index in [2.05, 4.69) is 6.57 Å². The highest BCUT2D eigenvalue weighted by atomic mass is 16.4. The van der Waals surface area contributed by atoms with Crippen molar-refractivity contribution in [2.75, 3.05) is 0 Å². The molecular formula is C3H5NO2. The summed E-state index contributed by atoms with van der Waals surface area (Å²) >= 11 is 0. The molecule has 0 amide bonds. The maximum absolute atomic E-state index is 9.00. The molecule has 0 aliphatic carbocycles. The lowest BCUT2D eigenvalue weighted by Crippen LogP contribution is -1.78. The Kier molecular flexibility index (Phi) is 13.4. The van der Waals surface area contributed by atoms with Crippen molar-refractivity contribution in [3.8, 4) is 6.57 Å². The van der Waals surface area contributed by atoms with Gasteiger partial charge in [-0.1, -0.05) is 0 Å². The molecule has 6 heavy (non-hydrogen) atoms. The lowest BCUT2D eigenvalue weighted by molar-refractivity contribution is -0.134. The van der Waals surface area contributed by atoms with E-state index in [1.54, 1.807) is 0 Å². The molecule has 0 unspecified atom stereocenters. The highest BCUT2D eigenvalue weighted by Gasteiger charge is 1.65. The number of nitrogens with zero attached hydrogens (tertiary/aromatic N) is 1. The molecule has 0 radical (unpaired) electrons. The van der Waals surface area contributed by atoms with Gasteiger partial charge in [0.1, 0.15) is 0 Å². The van der Waals surface area contributed by atoms with E-state index in [9.17, 15) is 0 Å². The molecule has 0 aliphatic heterocycles. The molecule has 0 bridgehead atoms. The smallest absolute Gasteiger partial charge is 0.300 e. The fraction of sp³-hybridized carbons (Fsp3) is 0.333. The van der Waals surface area contributed by atoms with Gasteiger partial charge in [-0.3, -0.25) is 4.79 Å². The van der Waals surface area contributed by atoms with E-state index in [4.69, 9.17) is 15.2 Å². The van der Waals surface area contributed by atoms with E-state index in [-0.39, 0.29) is 0 Å². The maximum atomic E-state index is 9.00. The molecule has 0 saturated heterocycles. The Morgan fingerprint density at radius 3 is 1.83 bits per heavy atom. The predicted molar refractivity (Wildman–Crippen MR) is 20.0 cm³/mol. The minimum atomic E-state index is -0.833. The third-order valence-electron chi connectivity index (χ3n) is 0. The fourth-order valence-corrected chi connectivity index (χ4v) is 0. The number of nitriles is 1. The van der Waals surface area contributed by atoms with Gasteiger partial charge in [-0.05, 0) is 0 Å². The highest BCUT2D eigenvalue weighted by molar-refractivity contribution is 5.62. The summed E-state index contributed by atoms with van der Waals surface area (Å²) in [5, 5.41) is 13.9. The van der Waals surface area contributed by atoms with Crippen LogP contribution in [0.4, 0.5) is 0 Å². The van der Waals surface area contributed by atoms with Crippen molar-refractivity contribution in [3.63, 3.8) is 0 Å². The number of hydrogen-bond acceptors (Lipinski definition) is 2. The third-order valence-corrected chi connectivity index (χ3v) is 0. The summed E-state index contributed by atoms with van der Waals surface area (Å²) in [5.41, 5.74) is 0. The zero-order valence-electron chi connectivity index (χ0n) is 3.38. The summed E-state index contributed by atoms with van der Waals surface area (Å²) in [6, 6.07) is 0. The van der Waals surface area contributed by atoms with Crippen molar-refractivity contribution in [3.05, 3.63) is 0 Å². The molecule has 3 nitrogen and oxygen atoms in total. The summed E-state index contributed by atoms with van der Waals surface area (Å²) in [4.78, 5) is 9.00. The van der Waals surface area contributed by atoms with Gasteiger partial charge in [0, 0.05) is 13.5 Å². The van der Waals surface area contributed by atoms with Crippen LogP contribution < -0.4 is 0 Å². The quantitative estimate of drug-likeness (QED) is 0.460. The summed E-state index contributed by atoms with van der Waals surface area (Å²) in [5.74, 6) is -0.833. The Morgan fingerprint density at radius 1 is 1.83 bits per heavy atom. The second kappa shape index (κ2) is 9.03. The van der Waals surface area contributed by atoms with Crippen LogP contribution in [0.3, 0.4) is 0 Å². The molecule has 0 aromatic rings. The van der Waals surface area contributed by atoms with Crippen LogP contribution in [-0.4, -0.2) is 11.1 Å². The molecule has 3 heteroatoms. The van der Waals surface area contributed by atoms with Gasteiger partial charge in [-0.2, -0.15) is 0 Å². The number of rotatable bonds is 0. The predicted octanol–water partition coefficient (Wildman–Crippen LogP) is 0.231. The molecule has 0 spiro atoms. The Bertz CT molecular complexity index is 53.1. The van der Waals surface area contributed by atoms with Gasteiger partial charge >= 0.3 is 0 Å². The van der Waals surface area contributed by atoms with E-state index in [1.165, 1.54) is 0 Å². The molecule has 0 fully saturated rings. The van der Waals surface area contributed by atoms with Crippen LogP contribution in [-0.2, 0) is 4.79 Å². The average molecular weight is 87.1 g/mol. The highest BCUT2D eigenvalue weighted by Crippen LogP contribution is 1.42. The molecular weight excluding hydrogens is 82.0 g/mol. The van der Waals surface area contributed by atoms with Crippen LogP contribution in [0.1, 0.15) is 6.92 Å². The second-order valence-electron chi connectivity index (χ2n) is 0.519. The first-order chi connectivity index (χ1) is 2.73. The summed E-state index contributed by atoms with van der Waals surface area (Å²) in [6.07, 6.45) is 0. The molecule has 0 aliphatic rings. The summed E-state index contributed by atoms with van der Waals surface area (Å²) in [7, 11) is 0. The fourth-order valence-electron chi connectivity index (χ4n) is 0. The Labute approximate surface area is 35.8 Å². The molecule has 0 heterocycles. The molecule has 0 saturated carbocycles. The second-order valence-corrected chi connectivity index (χ2v) is 0.519. The van der Waals surface area contributed by atoms with Crippen LogP contribution >= 0.6 is 0 Å². The summed E-state index contributed by atoms with van der Waals surface area (Å²) in [6.45, 7) is 4.58.